The number of carbonyl (C=O) groups is 1. The first-order valence-electron chi connectivity index (χ1n) is 7.38. The van der Waals surface area contributed by atoms with Crippen molar-refractivity contribution in [3.8, 4) is 5.75 Å². The largest absolute Gasteiger partial charge is 0.493 e. The molecule has 108 valence electrons. The van der Waals surface area contributed by atoms with Crippen LogP contribution in [0.15, 0.2) is 28.8 Å². The van der Waals surface area contributed by atoms with Gasteiger partial charge in [-0.25, -0.2) is 0 Å². The number of hydrogen-bond acceptors (Lipinski definition) is 5. The van der Waals surface area contributed by atoms with Crippen LogP contribution in [0.4, 0.5) is 0 Å². The molecule has 1 aliphatic heterocycles. The molecule has 1 aromatic carbocycles. The van der Waals surface area contributed by atoms with Gasteiger partial charge in [-0.2, -0.15) is 4.98 Å². The van der Waals surface area contributed by atoms with Crippen LogP contribution >= 0.6 is 0 Å². The number of ketones is 1. The van der Waals surface area contributed by atoms with Crippen LogP contribution in [-0.2, 0) is 11.2 Å². The lowest BCUT2D eigenvalue weighted by Crippen LogP contribution is -2.20. The van der Waals surface area contributed by atoms with Crippen LogP contribution in [0.25, 0.3) is 0 Å². The zero-order chi connectivity index (χ0) is 14.2. The van der Waals surface area contributed by atoms with Crippen molar-refractivity contribution in [1.82, 2.24) is 10.1 Å². The summed E-state index contributed by atoms with van der Waals surface area (Å²) in [6, 6.07) is 8.01. The number of carbonyl (C=O) groups excluding carboxylic acids is 1. The summed E-state index contributed by atoms with van der Waals surface area (Å²) >= 11 is 0. The highest BCUT2D eigenvalue weighted by Crippen LogP contribution is 2.33. The number of para-hydroxylation sites is 1. The molecule has 0 N–H and O–H groups in total. The highest BCUT2D eigenvalue weighted by molar-refractivity contribution is 5.86. The van der Waals surface area contributed by atoms with E-state index in [1.165, 1.54) is 0 Å². The van der Waals surface area contributed by atoms with Crippen LogP contribution in [0.3, 0.4) is 0 Å². The summed E-state index contributed by atoms with van der Waals surface area (Å²) in [4.78, 5) is 16.2. The van der Waals surface area contributed by atoms with Crippen molar-refractivity contribution in [2.45, 2.75) is 37.5 Å². The highest BCUT2D eigenvalue weighted by atomic mass is 16.5. The van der Waals surface area contributed by atoms with Crippen molar-refractivity contribution in [2.75, 3.05) is 6.61 Å². The molecule has 4 rings (SSSR count). The number of benzene rings is 1. The lowest BCUT2D eigenvalue weighted by Gasteiger charge is -2.22. The maximum absolute atomic E-state index is 11.8. The fourth-order valence-electron chi connectivity index (χ4n) is 3.13. The van der Waals surface area contributed by atoms with Gasteiger partial charge in [0.15, 0.2) is 5.82 Å². The Hall–Kier alpha value is -2.17. The zero-order valence-electron chi connectivity index (χ0n) is 11.6. The SMILES string of the molecule is O=C1CCCC1c1nc(C2COc3ccccc3C2)no1. The maximum atomic E-state index is 11.8. The molecule has 0 saturated heterocycles. The third kappa shape index (κ3) is 2.22. The van der Waals surface area contributed by atoms with Gasteiger partial charge in [0.05, 0.1) is 18.4 Å². The van der Waals surface area contributed by atoms with E-state index in [2.05, 4.69) is 16.2 Å². The van der Waals surface area contributed by atoms with Gasteiger partial charge in [-0.3, -0.25) is 4.79 Å². The second-order valence-corrected chi connectivity index (χ2v) is 5.72. The molecule has 0 spiro atoms. The van der Waals surface area contributed by atoms with Crippen LogP contribution in [-0.4, -0.2) is 22.5 Å². The molecule has 1 aliphatic carbocycles. The van der Waals surface area contributed by atoms with E-state index in [1.807, 2.05) is 18.2 Å². The van der Waals surface area contributed by atoms with Crippen molar-refractivity contribution >= 4 is 5.78 Å². The van der Waals surface area contributed by atoms with Gasteiger partial charge in [0.2, 0.25) is 5.89 Å². The van der Waals surface area contributed by atoms with Crippen LogP contribution in [0.1, 0.15) is 48.4 Å². The predicted molar refractivity (Wildman–Crippen MR) is 74.3 cm³/mol. The highest BCUT2D eigenvalue weighted by Gasteiger charge is 2.32. The topological polar surface area (TPSA) is 65.2 Å². The summed E-state index contributed by atoms with van der Waals surface area (Å²) < 4.78 is 11.1. The normalized spacial score (nSPS) is 24.7. The van der Waals surface area contributed by atoms with Gasteiger partial charge >= 0.3 is 0 Å². The zero-order valence-corrected chi connectivity index (χ0v) is 11.6. The van der Waals surface area contributed by atoms with Gasteiger partial charge in [-0.1, -0.05) is 23.4 Å². The van der Waals surface area contributed by atoms with E-state index in [0.717, 1.165) is 30.6 Å². The summed E-state index contributed by atoms with van der Waals surface area (Å²) in [5.41, 5.74) is 1.16. The van der Waals surface area contributed by atoms with Crippen LogP contribution in [0, 0.1) is 0 Å². The van der Waals surface area contributed by atoms with Gasteiger partial charge in [-0.05, 0) is 30.9 Å². The fraction of sp³-hybridized carbons (Fsp3) is 0.438. The standard InChI is InChI=1S/C16H16N2O3/c19-13-6-3-5-12(13)16-17-15(18-21-16)11-8-10-4-1-2-7-14(10)20-9-11/h1-2,4,7,11-12H,3,5-6,8-9H2. The molecule has 0 bridgehead atoms. The second-order valence-electron chi connectivity index (χ2n) is 5.72. The molecule has 2 heterocycles. The molecule has 2 aromatic rings. The van der Waals surface area contributed by atoms with Crippen molar-refractivity contribution < 1.29 is 14.1 Å². The summed E-state index contributed by atoms with van der Waals surface area (Å²) in [7, 11) is 0. The molecular weight excluding hydrogens is 268 g/mol. The van der Waals surface area contributed by atoms with Crippen LogP contribution in [0.5, 0.6) is 5.75 Å². The van der Waals surface area contributed by atoms with Gasteiger partial charge in [0.25, 0.3) is 0 Å². The molecule has 2 aliphatic rings. The first-order chi connectivity index (χ1) is 10.3. The minimum atomic E-state index is -0.192. The Morgan fingerprint density at radius 1 is 1.24 bits per heavy atom. The molecule has 1 aromatic heterocycles. The van der Waals surface area contributed by atoms with Crippen molar-refractivity contribution in [3.63, 3.8) is 0 Å². The Morgan fingerprint density at radius 3 is 3.00 bits per heavy atom. The van der Waals surface area contributed by atoms with E-state index < -0.39 is 0 Å². The third-order valence-electron chi connectivity index (χ3n) is 4.30. The van der Waals surface area contributed by atoms with E-state index in [0.29, 0.717) is 24.7 Å². The van der Waals surface area contributed by atoms with Gasteiger partial charge in [0, 0.05) is 6.42 Å². The lowest BCUT2D eigenvalue weighted by molar-refractivity contribution is -0.119. The molecule has 1 saturated carbocycles. The first-order valence-corrected chi connectivity index (χ1v) is 7.38. The molecule has 2 atom stereocenters. The third-order valence-corrected chi connectivity index (χ3v) is 4.30. The number of Topliss-reactive ketones (excluding diaryl/α,β-unsaturated/α-hetero) is 1. The average molecular weight is 284 g/mol. The molecule has 21 heavy (non-hydrogen) atoms. The quantitative estimate of drug-likeness (QED) is 0.848. The van der Waals surface area contributed by atoms with Crippen molar-refractivity contribution in [1.29, 1.82) is 0 Å². The summed E-state index contributed by atoms with van der Waals surface area (Å²) in [6.07, 6.45) is 3.21. The minimum absolute atomic E-state index is 0.0916. The lowest BCUT2D eigenvalue weighted by atomic mass is 9.96. The van der Waals surface area contributed by atoms with Gasteiger partial charge < -0.3 is 9.26 Å². The number of nitrogens with zero attached hydrogens (tertiary/aromatic N) is 2. The van der Waals surface area contributed by atoms with Gasteiger partial charge in [-0.15, -0.1) is 0 Å². The maximum Gasteiger partial charge on any atom is 0.237 e. The minimum Gasteiger partial charge on any atom is -0.493 e. The summed E-state index contributed by atoms with van der Waals surface area (Å²) in [6.45, 7) is 0.550. The molecule has 0 amide bonds. The number of rotatable bonds is 2. The van der Waals surface area contributed by atoms with Gasteiger partial charge in [0.1, 0.15) is 11.5 Å². The molecular formula is C16H16N2O3. The molecule has 0 radical (unpaired) electrons. The van der Waals surface area contributed by atoms with E-state index in [4.69, 9.17) is 9.26 Å². The Balaban J connectivity index is 1.55. The Bertz CT molecular complexity index is 680. The summed E-state index contributed by atoms with van der Waals surface area (Å²) in [5.74, 6) is 2.18. The van der Waals surface area contributed by atoms with Crippen LogP contribution in [0.2, 0.25) is 0 Å². The number of fused-ring (bicyclic) bond motifs is 1. The number of ether oxygens (including phenoxy) is 1. The average Bonchev–Trinajstić information content (AvgIpc) is 3.15. The smallest absolute Gasteiger partial charge is 0.237 e. The number of hydrogen-bond donors (Lipinski definition) is 0. The monoisotopic (exact) mass is 284 g/mol. The number of aromatic nitrogens is 2. The summed E-state index contributed by atoms with van der Waals surface area (Å²) in [5, 5.41) is 4.07. The second kappa shape index (κ2) is 4.98. The van der Waals surface area contributed by atoms with Crippen LogP contribution < -0.4 is 4.74 Å². The van der Waals surface area contributed by atoms with E-state index in [-0.39, 0.29) is 17.6 Å². The molecule has 2 unspecified atom stereocenters. The molecule has 5 nitrogen and oxygen atoms in total. The Kier molecular flexibility index (Phi) is 2.98. The Morgan fingerprint density at radius 2 is 2.14 bits per heavy atom. The van der Waals surface area contributed by atoms with Crippen molar-refractivity contribution in [2.24, 2.45) is 0 Å². The fourth-order valence-corrected chi connectivity index (χ4v) is 3.13. The molecule has 1 fully saturated rings. The van der Waals surface area contributed by atoms with E-state index in [9.17, 15) is 4.79 Å². The van der Waals surface area contributed by atoms with E-state index in [1.54, 1.807) is 0 Å². The first kappa shape index (κ1) is 12.6. The van der Waals surface area contributed by atoms with Crippen molar-refractivity contribution in [3.05, 3.63) is 41.5 Å². The van der Waals surface area contributed by atoms with E-state index >= 15 is 0 Å². The predicted octanol–water partition coefficient (Wildman–Crippen LogP) is 2.62. The molecule has 5 heteroatoms. The Labute approximate surface area is 122 Å².